The van der Waals surface area contributed by atoms with Crippen molar-refractivity contribution in [3.8, 4) is 0 Å². The lowest BCUT2D eigenvalue weighted by atomic mass is 9.95. The Labute approximate surface area is 145 Å². The van der Waals surface area contributed by atoms with Crippen LogP contribution < -0.4 is 0 Å². The fraction of sp³-hybridized carbons (Fsp3) is 0.412. The fourth-order valence-corrected chi connectivity index (χ4v) is 3.30. The van der Waals surface area contributed by atoms with Crippen molar-refractivity contribution >= 4 is 22.9 Å². The maximum absolute atomic E-state index is 8.57. The third kappa shape index (κ3) is 5.26. The standard InChI is InChI=1S/C17H20ClN3OS/c1-17(2,3)16-8-7-14(23-16)11-22-15(10-20-21-19)12-5-4-6-13(18)9-12/h4-9,15H,10-11H2,1-3H3/t15-/m0/s1. The molecular formula is C17H20ClN3OS. The molecule has 1 aromatic heterocycles. The van der Waals surface area contributed by atoms with Crippen molar-refractivity contribution in [1.82, 2.24) is 0 Å². The molecule has 1 heterocycles. The quantitative estimate of drug-likeness (QED) is 0.344. The van der Waals surface area contributed by atoms with Gasteiger partial charge in [0.05, 0.1) is 19.3 Å². The van der Waals surface area contributed by atoms with Gasteiger partial charge in [-0.25, -0.2) is 0 Å². The van der Waals surface area contributed by atoms with Crippen LogP contribution in [0.3, 0.4) is 0 Å². The number of halogens is 1. The summed E-state index contributed by atoms with van der Waals surface area (Å²) in [6.45, 7) is 7.31. The zero-order valence-corrected chi connectivity index (χ0v) is 15.1. The lowest BCUT2D eigenvalue weighted by molar-refractivity contribution is 0.0473. The van der Waals surface area contributed by atoms with Crippen LogP contribution in [0.4, 0.5) is 0 Å². The van der Waals surface area contributed by atoms with Gasteiger partial charge in [0.25, 0.3) is 0 Å². The Morgan fingerprint density at radius 1 is 1.30 bits per heavy atom. The number of hydrogen-bond acceptors (Lipinski definition) is 3. The first kappa shape index (κ1) is 17.8. The first-order valence-electron chi connectivity index (χ1n) is 7.37. The molecule has 1 atom stereocenters. The van der Waals surface area contributed by atoms with E-state index in [1.807, 2.05) is 24.3 Å². The average molecular weight is 350 g/mol. The van der Waals surface area contributed by atoms with Crippen LogP contribution in [0.25, 0.3) is 10.4 Å². The molecule has 0 N–H and O–H groups in total. The van der Waals surface area contributed by atoms with Crippen LogP contribution in [0.5, 0.6) is 0 Å². The van der Waals surface area contributed by atoms with E-state index < -0.39 is 0 Å². The molecule has 1 aromatic carbocycles. The number of rotatable bonds is 6. The van der Waals surface area contributed by atoms with Gasteiger partial charge in [0, 0.05) is 19.7 Å². The van der Waals surface area contributed by atoms with Crippen molar-refractivity contribution in [3.63, 3.8) is 0 Å². The molecule has 0 saturated heterocycles. The second-order valence-corrected chi connectivity index (χ2v) is 7.89. The Morgan fingerprint density at radius 2 is 2.09 bits per heavy atom. The van der Waals surface area contributed by atoms with Gasteiger partial charge in [-0.1, -0.05) is 49.6 Å². The molecule has 122 valence electrons. The Morgan fingerprint density at radius 3 is 2.70 bits per heavy atom. The smallest absolute Gasteiger partial charge is 0.0886 e. The van der Waals surface area contributed by atoms with Gasteiger partial charge in [-0.2, -0.15) is 0 Å². The first-order chi connectivity index (χ1) is 10.9. The minimum atomic E-state index is -0.301. The Bertz CT molecular complexity index is 702. The van der Waals surface area contributed by atoms with Gasteiger partial charge in [-0.15, -0.1) is 11.3 Å². The number of hydrogen-bond donors (Lipinski definition) is 0. The molecule has 2 rings (SSSR count). The molecule has 6 heteroatoms. The van der Waals surface area contributed by atoms with E-state index in [4.69, 9.17) is 21.9 Å². The molecule has 0 amide bonds. The molecule has 0 saturated carbocycles. The number of azide groups is 1. The molecule has 4 nitrogen and oxygen atoms in total. The second kappa shape index (κ2) is 7.84. The highest BCUT2D eigenvalue weighted by molar-refractivity contribution is 7.12. The van der Waals surface area contributed by atoms with E-state index in [9.17, 15) is 0 Å². The maximum Gasteiger partial charge on any atom is 0.0886 e. The van der Waals surface area contributed by atoms with Gasteiger partial charge in [-0.3, -0.25) is 0 Å². The molecule has 0 aliphatic rings. The first-order valence-corrected chi connectivity index (χ1v) is 8.56. The summed E-state index contributed by atoms with van der Waals surface area (Å²) in [4.78, 5) is 5.31. The van der Waals surface area contributed by atoms with Crippen LogP contribution in [-0.4, -0.2) is 6.54 Å². The summed E-state index contributed by atoms with van der Waals surface area (Å²) in [6.07, 6.45) is -0.301. The lowest BCUT2D eigenvalue weighted by Gasteiger charge is -2.17. The lowest BCUT2D eigenvalue weighted by Crippen LogP contribution is -2.08. The van der Waals surface area contributed by atoms with E-state index in [1.165, 1.54) is 4.88 Å². The van der Waals surface area contributed by atoms with Crippen molar-refractivity contribution < 1.29 is 4.74 Å². The number of nitrogens with zero attached hydrogens (tertiary/aromatic N) is 3. The average Bonchev–Trinajstić information content (AvgIpc) is 2.96. The molecule has 0 fully saturated rings. The summed E-state index contributed by atoms with van der Waals surface area (Å²) in [6, 6.07) is 11.7. The molecule has 0 aliphatic heterocycles. The highest BCUT2D eigenvalue weighted by atomic mass is 35.5. The molecule has 23 heavy (non-hydrogen) atoms. The monoisotopic (exact) mass is 349 g/mol. The van der Waals surface area contributed by atoms with Crippen LogP contribution in [0.2, 0.25) is 5.02 Å². The van der Waals surface area contributed by atoms with Crippen molar-refractivity contribution in [2.45, 2.75) is 38.9 Å². The molecule has 2 aromatic rings. The minimum Gasteiger partial charge on any atom is -0.368 e. The molecule has 0 bridgehead atoms. The van der Waals surface area contributed by atoms with E-state index in [-0.39, 0.29) is 18.1 Å². The Hall–Kier alpha value is -1.52. The van der Waals surface area contributed by atoms with Crippen molar-refractivity contribution in [1.29, 1.82) is 0 Å². The van der Waals surface area contributed by atoms with Gasteiger partial charge < -0.3 is 4.74 Å². The largest absolute Gasteiger partial charge is 0.368 e. The van der Waals surface area contributed by atoms with Crippen LogP contribution in [0, 0.1) is 0 Å². The third-order valence-corrected chi connectivity index (χ3v) is 5.08. The van der Waals surface area contributed by atoms with Gasteiger partial charge >= 0.3 is 0 Å². The van der Waals surface area contributed by atoms with E-state index >= 15 is 0 Å². The van der Waals surface area contributed by atoms with Crippen molar-refractivity contribution in [3.05, 3.63) is 67.2 Å². The van der Waals surface area contributed by atoms with Crippen molar-refractivity contribution in [2.75, 3.05) is 6.54 Å². The van der Waals surface area contributed by atoms with E-state index in [1.54, 1.807) is 11.3 Å². The summed E-state index contributed by atoms with van der Waals surface area (Å²) in [5.41, 5.74) is 9.63. The molecule has 0 spiro atoms. The fourth-order valence-electron chi connectivity index (χ4n) is 2.11. The number of ether oxygens (including phenoxy) is 1. The molecule has 0 radical (unpaired) electrons. The maximum atomic E-state index is 8.57. The summed E-state index contributed by atoms with van der Waals surface area (Å²) in [7, 11) is 0. The summed E-state index contributed by atoms with van der Waals surface area (Å²) in [5.74, 6) is 0. The molecule has 0 unspecified atom stereocenters. The van der Waals surface area contributed by atoms with E-state index in [0.717, 1.165) is 10.4 Å². The van der Waals surface area contributed by atoms with Gasteiger partial charge in [0.2, 0.25) is 0 Å². The Kier molecular flexibility index (Phi) is 6.08. The summed E-state index contributed by atoms with van der Waals surface area (Å²) >= 11 is 7.79. The third-order valence-electron chi connectivity index (χ3n) is 3.36. The molecular weight excluding hydrogens is 330 g/mol. The van der Waals surface area contributed by atoms with Gasteiger partial charge in [-0.05, 0) is 40.8 Å². The highest BCUT2D eigenvalue weighted by Gasteiger charge is 2.17. The SMILES string of the molecule is CC(C)(C)c1ccc(CO[C@@H](CN=[N+]=[N-])c2cccc(Cl)c2)s1. The van der Waals surface area contributed by atoms with Crippen LogP contribution in [0.1, 0.15) is 42.2 Å². The van der Waals surface area contributed by atoms with Gasteiger partial charge in [0.1, 0.15) is 0 Å². The van der Waals surface area contributed by atoms with Crippen LogP contribution >= 0.6 is 22.9 Å². The normalized spacial score (nSPS) is 12.7. The topological polar surface area (TPSA) is 58.0 Å². The zero-order chi connectivity index (χ0) is 16.9. The predicted molar refractivity (Wildman–Crippen MR) is 96.0 cm³/mol. The van der Waals surface area contributed by atoms with Gasteiger partial charge in [0.15, 0.2) is 0 Å². The Balaban J connectivity index is 2.09. The zero-order valence-electron chi connectivity index (χ0n) is 13.5. The van der Waals surface area contributed by atoms with E-state index in [2.05, 4.69) is 42.9 Å². The molecule has 0 aliphatic carbocycles. The summed E-state index contributed by atoms with van der Waals surface area (Å²) in [5, 5.41) is 4.29. The van der Waals surface area contributed by atoms with E-state index in [0.29, 0.717) is 11.6 Å². The summed E-state index contributed by atoms with van der Waals surface area (Å²) < 4.78 is 5.98. The van der Waals surface area contributed by atoms with Crippen LogP contribution in [0.15, 0.2) is 41.5 Å². The second-order valence-electron chi connectivity index (χ2n) is 6.28. The highest BCUT2D eigenvalue weighted by Crippen LogP contribution is 2.31. The van der Waals surface area contributed by atoms with Crippen LogP contribution in [-0.2, 0) is 16.8 Å². The number of benzene rings is 1. The number of thiophene rings is 1. The minimum absolute atomic E-state index is 0.139. The predicted octanol–water partition coefficient (Wildman–Crippen LogP) is 6.27. The van der Waals surface area contributed by atoms with Crippen molar-refractivity contribution in [2.24, 2.45) is 5.11 Å².